The zero-order valence-corrected chi connectivity index (χ0v) is 11.7. The largest absolute Gasteiger partial charge is 0.361 e. The van der Waals surface area contributed by atoms with E-state index in [0.717, 1.165) is 13.1 Å². The number of rotatable bonds is 5. The maximum Gasteiger partial charge on any atom is 0.0457 e. The minimum absolute atomic E-state index is 0.646. The number of hydrogen-bond donors (Lipinski definition) is 2. The summed E-state index contributed by atoms with van der Waals surface area (Å²) in [5, 5.41) is 4.93. The fraction of sp³-hybridized carbons (Fsp3) is 0.500. The van der Waals surface area contributed by atoms with Crippen molar-refractivity contribution >= 4 is 10.9 Å². The van der Waals surface area contributed by atoms with Crippen LogP contribution in [0.4, 0.5) is 0 Å². The molecule has 19 heavy (non-hydrogen) atoms. The van der Waals surface area contributed by atoms with Crippen molar-refractivity contribution in [3.8, 4) is 0 Å². The van der Waals surface area contributed by atoms with Crippen LogP contribution in [0, 0.1) is 0 Å². The molecule has 3 heteroatoms. The molecule has 0 bridgehead atoms. The molecule has 1 aromatic carbocycles. The lowest BCUT2D eigenvalue weighted by Crippen LogP contribution is -2.38. The Kier molecular flexibility index (Phi) is 3.85. The van der Waals surface area contributed by atoms with E-state index in [1.54, 1.807) is 0 Å². The summed E-state index contributed by atoms with van der Waals surface area (Å²) >= 11 is 0. The first-order valence-corrected chi connectivity index (χ1v) is 7.34. The molecule has 0 amide bonds. The van der Waals surface area contributed by atoms with Crippen LogP contribution in [0.5, 0.6) is 0 Å². The molecule has 3 rings (SSSR count). The predicted molar refractivity (Wildman–Crippen MR) is 80.3 cm³/mol. The van der Waals surface area contributed by atoms with Crippen LogP contribution < -0.4 is 5.32 Å². The molecule has 1 atom stereocenters. The second kappa shape index (κ2) is 5.76. The highest BCUT2D eigenvalue weighted by Gasteiger charge is 2.17. The first kappa shape index (κ1) is 12.7. The highest BCUT2D eigenvalue weighted by molar-refractivity contribution is 5.82. The van der Waals surface area contributed by atoms with E-state index in [1.807, 2.05) is 0 Å². The van der Waals surface area contributed by atoms with Crippen molar-refractivity contribution in [1.29, 1.82) is 0 Å². The van der Waals surface area contributed by atoms with E-state index in [2.05, 4.69) is 52.6 Å². The van der Waals surface area contributed by atoms with Gasteiger partial charge in [-0.1, -0.05) is 18.2 Å². The molecule has 1 saturated heterocycles. The predicted octanol–water partition coefficient (Wildman–Crippen LogP) is 2.74. The van der Waals surface area contributed by atoms with Crippen LogP contribution in [0.25, 0.3) is 10.9 Å². The van der Waals surface area contributed by atoms with Crippen LogP contribution in [0.2, 0.25) is 0 Å². The van der Waals surface area contributed by atoms with Crippen molar-refractivity contribution in [3.63, 3.8) is 0 Å². The minimum atomic E-state index is 0.646. The molecule has 2 aromatic rings. The Morgan fingerprint density at radius 1 is 1.26 bits per heavy atom. The van der Waals surface area contributed by atoms with Gasteiger partial charge in [-0.2, -0.15) is 0 Å². The molecule has 0 saturated carbocycles. The van der Waals surface area contributed by atoms with Crippen molar-refractivity contribution in [2.75, 3.05) is 19.6 Å². The number of hydrogen-bond acceptors (Lipinski definition) is 2. The van der Waals surface area contributed by atoms with E-state index in [-0.39, 0.29) is 0 Å². The zero-order chi connectivity index (χ0) is 13.1. The molecule has 0 aliphatic carbocycles. The van der Waals surface area contributed by atoms with Gasteiger partial charge in [-0.25, -0.2) is 0 Å². The molecule has 2 heterocycles. The topological polar surface area (TPSA) is 31.1 Å². The number of aromatic amines is 1. The molecule has 1 unspecified atom stereocenters. The van der Waals surface area contributed by atoms with Crippen molar-refractivity contribution in [2.45, 2.75) is 32.4 Å². The zero-order valence-electron chi connectivity index (χ0n) is 11.7. The van der Waals surface area contributed by atoms with E-state index in [4.69, 9.17) is 0 Å². The number of aromatic nitrogens is 1. The van der Waals surface area contributed by atoms with Gasteiger partial charge in [0, 0.05) is 36.2 Å². The van der Waals surface area contributed by atoms with Gasteiger partial charge < -0.3 is 10.3 Å². The summed E-state index contributed by atoms with van der Waals surface area (Å²) in [6, 6.07) is 9.14. The summed E-state index contributed by atoms with van der Waals surface area (Å²) < 4.78 is 0. The van der Waals surface area contributed by atoms with E-state index in [9.17, 15) is 0 Å². The SMILES string of the molecule is CC(CNCc1c[nH]c2ccccc12)N1CCCC1. The average Bonchev–Trinajstić information content (AvgIpc) is 3.08. The Hall–Kier alpha value is -1.32. The smallest absolute Gasteiger partial charge is 0.0457 e. The second-order valence-corrected chi connectivity index (χ2v) is 5.58. The summed E-state index contributed by atoms with van der Waals surface area (Å²) in [4.78, 5) is 5.92. The van der Waals surface area contributed by atoms with Gasteiger partial charge in [-0.05, 0) is 44.5 Å². The molecular formula is C16H23N3. The lowest BCUT2D eigenvalue weighted by Gasteiger charge is -2.23. The Bertz CT molecular complexity index is 526. The quantitative estimate of drug-likeness (QED) is 0.863. The number of H-pyrrole nitrogens is 1. The number of benzene rings is 1. The van der Waals surface area contributed by atoms with E-state index < -0.39 is 0 Å². The molecule has 1 aromatic heterocycles. The van der Waals surface area contributed by atoms with Crippen LogP contribution in [0.1, 0.15) is 25.3 Å². The van der Waals surface area contributed by atoms with Gasteiger partial charge in [0.15, 0.2) is 0 Å². The van der Waals surface area contributed by atoms with Crippen molar-refractivity contribution < 1.29 is 0 Å². The van der Waals surface area contributed by atoms with Gasteiger partial charge in [-0.15, -0.1) is 0 Å². The van der Waals surface area contributed by atoms with Crippen LogP contribution in [-0.2, 0) is 6.54 Å². The van der Waals surface area contributed by atoms with Gasteiger partial charge in [0.2, 0.25) is 0 Å². The van der Waals surface area contributed by atoms with Gasteiger partial charge >= 0.3 is 0 Å². The Balaban J connectivity index is 1.54. The van der Waals surface area contributed by atoms with E-state index in [0.29, 0.717) is 6.04 Å². The molecule has 1 aliphatic rings. The van der Waals surface area contributed by atoms with Crippen molar-refractivity contribution in [1.82, 2.24) is 15.2 Å². The number of nitrogens with one attached hydrogen (secondary N) is 2. The second-order valence-electron chi connectivity index (χ2n) is 5.58. The molecule has 0 radical (unpaired) electrons. The fourth-order valence-corrected chi connectivity index (χ4v) is 3.01. The Labute approximate surface area is 115 Å². The lowest BCUT2D eigenvalue weighted by molar-refractivity contribution is 0.252. The van der Waals surface area contributed by atoms with E-state index in [1.165, 1.54) is 42.4 Å². The summed E-state index contributed by atoms with van der Waals surface area (Å²) in [5.74, 6) is 0. The summed E-state index contributed by atoms with van der Waals surface area (Å²) in [5.41, 5.74) is 2.59. The van der Waals surface area contributed by atoms with Gasteiger partial charge in [-0.3, -0.25) is 4.90 Å². The van der Waals surface area contributed by atoms with E-state index >= 15 is 0 Å². The third-order valence-electron chi connectivity index (χ3n) is 4.19. The molecule has 0 spiro atoms. The molecule has 102 valence electrons. The lowest BCUT2D eigenvalue weighted by atomic mass is 10.2. The average molecular weight is 257 g/mol. The number of para-hydroxylation sites is 1. The molecular weight excluding hydrogens is 234 g/mol. The van der Waals surface area contributed by atoms with Gasteiger partial charge in [0.1, 0.15) is 0 Å². The van der Waals surface area contributed by atoms with Crippen LogP contribution in [0.3, 0.4) is 0 Å². The summed E-state index contributed by atoms with van der Waals surface area (Å²) in [7, 11) is 0. The highest BCUT2D eigenvalue weighted by Crippen LogP contribution is 2.17. The number of fused-ring (bicyclic) bond motifs is 1. The first-order valence-electron chi connectivity index (χ1n) is 7.34. The molecule has 1 aliphatic heterocycles. The van der Waals surface area contributed by atoms with Crippen molar-refractivity contribution in [3.05, 3.63) is 36.0 Å². The standard InChI is InChI=1S/C16H23N3/c1-13(19-8-4-5-9-19)10-17-11-14-12-18-16-7-3-2-6-15(14)16/h2-3,6-7,12-13,17-18H,4-5,8-11H2,1H3. The highest BCUT2D eigenvalue weighted by atomic mass is 15.2. The first-order chi connectivity index (χ1) is 9.34. The fourth-order valence-electron chi connectivity index (χ4n) is 3.01. The summed E-state index contributed by atoms with van der Waals surface area (Å²) in [6.45, 7) is 6.89. The third kappa shape index (κ3) is 2.82. The Morgan fingerprint density at radius 3 is 2.89 bits per heavy atom. The maximum absolute atomic E-state index is 3.59. The van der Waals surface area contributed by atoms with Gasteiger partial charge in [0.05, 0.1) is 0 Å². The van der Waals surface area contributed by atoms with Crippen LogP contribution in [-0.4, -0.2) is 35.6 Å². The van der Waals surface area contributed by atoms with Crippen molar-refractivity contribution in [2.24, 2.45) is 0 Å². The Morgan fingerprint density at radius 2 is 2.05 bits per heavy atom. The normalized spacial score (nSPS) is 18.2. The maximum atomic E-state index is 3.59. The molecule has 2 N–H and O–H groups in total. The van der Waals surface area contributed by atoms with Gasteiger partial charge in [0.25, 0.3) is 0 Å². The minimum Gasteiger partial charge on any atom is -0.361 e. The molecule has 1 fully saturated rings. The third-order valence-corrected chi connectivity index (χ3v) is 4.19. The van der Waals surface area contributed by atoms with Crippen LogP contribution in [0.15, 0.2) is 30.5 Å². The summed E-state index contributed by atoms with van der Waals surface area (Å²) in [6.07, 6.45) is 4.86. The number of nitrogens with zero attached hydrogens (tertiary/aromatic N) is 1. The molecule has 3 nitrogen and oxygen atoms in total. The van der Waals surface area contributed by atoms with Crippen LogP contribution >= 0.6 is 0 Å². The monoisotopic (exact) mass is 257 g/mol. The number of likely N-dealkylation sites (tertiary alicyclic amines) is 1.